The molecule has 0 fully saturated rings. The van der Waals surface area contributed by atoms with E-state index < -0.39 is 30.1 Å². The zero-order valence-corrected chi connectivity index (χ0v) is 15.5. The van der Waals surface area contributed by atoms with Crippen LogP contribution in [0.15, 0.2) is 24.3 Å². The Morgan fingerprint density at radius 2 is 1.73 bits per heavy atom. The van der Waals surface area contributed by atoms with Crippen molar-refractivity contribution < 1.29 is 28.6 Å². The third kappa shape index (κ3) is 6.62. The van der Waals surface area contributed by atoms with E-state index in [2.05, 4.69) is 15.4 Å². The van der Waals surface area contributed by atoms with E-state index in [-0.39, 0.29) is 6.61 Å². The van der Waals surface area contributed by atoms with Crippen LogP contribution >= 0.6 is 0 Å². The van der Waals surface area contributed by atoms with Gasteiger partial charge in [0.1, 0.15) is 17.8 Å². The largest absolute Gasteiger partial charge is 0.497 e. The molecule has 0 saturated heterocycles. The van der Waals surface area contributed by atoms with Crippen molar-refractivity contribution in [1.82, 2.24) is 10.6 Å². The summed E-state index contributed by atoms with van der Waals surface area (Å²) in [5.41, 5.74) is 0.521. The smallest absolute Gasteiger partial charge is 0.408 e. The molecule has 8 heteroatoms. The predicted molar refractivity (Wildman–Crippen MR) is 94.7 cm³/mol. The quantitative estimate of drug-likeness (QED) is 0.511. The van der Waals surface area contributed by atoms with Gasteiger partial charge in [-0.25, -0.2) is 9.59 Å². The van der Waals surface area contributed by atoms with Crippen molar-refractivity contribution in [3.8, 4) is 5.75 Å². The second-order valence-corrected chi connectivity index (χ2v) is 5.59. The van der Waals surface area contributed by atoms with E-state index in [4.69, 9.17) is 9.47 Å². The van der Waals surface area contributed by atoms with E-state index in [0.717, 1.165) is 12.8 Å². The Hall–Kier alpha value is -2.77. The number of ether oxygens (including phenoxy) is 3. The van der Waals surface area contributed by atoms with Crippen molar-refractivity contribution in [2.24, 2.45) is 0 Å². The number of hydrogen-bond acceptors (Lipinski definition) is 6. The summed E-state index contributed by atoms with van der Waals surface area (Å²) >= 11 is 0. The number of rotatable bonds is 9. The minimum Gasteiger partial charge on any atom is -0.497 e. The summed E-state index contributed by atoms with van der Waals surface area (Å²) in [5, 5.41) is 5.04. The van der Waals surface area contributed by atoms with E-state index in [1.807, 2.05) is 6.92 Å². The lowest BCUT2D eigenvalue weighted by molar-refractivity contribution is -0.144. The zero-order valence-electron chi connectivity index (χ0n) is 15.5. The van der Waals surface area contributed by atoms with E-state index in [0.29, 0.717) is 11.3 Å². The number of methoxy groups -OCH3 is 2. The van der Waals surface area contributed by atoms with Crippen molar-refractivity contribution in [3.63, 3.8) is 0 Å². The lowest BCUT2D eigenvalue weighted by Crippen LogP contribution is -2.46. The lowest BCUT2D eigenvalue weighted by atomic mass is 10.1. The number of alkyl carbamates (subject to hydrolysis) is 1. The van der Waals surface area contributed by atoms with Crippen LogP contribution in [0, 0.1) is 0 Å². The van der Waals surface area contributed by atoms with Crippen molar-refractivity contribution in [2.75, 3.05) is 20.8 Å². The number of esters is 1. The first kappa shape index (κ1) is 21.3. The average molecular weight is 366 g/mol. The van der Waals surface area contributed by atoms with Crippen LogP contribution in [0.2, 0.25) is 0 Å². The molecule has 0 unspecified atom stereocenters. The Morgan fingerprint density at radius 3 is 2.27 bits per heavy atom. The van der Waals surface area contributed by atoms with Gasteiger partial charge in [-0.05, 0) is 31.0 Å². The van der Waals surface area contributed by atoms with E-state index in [1.165, 1.54) is 21.1 Å². The fourth-order valence-electron chi connectivity index (χ4n) is 2.10. The molecule has 26 heavy (non-hydrogen) atoms. The highest BCUT2D eigenvalue weighted by Crippen LogP contribution is 2.18. The molecule has 0 aliphatic carbocycles. The van der Waals surface area contributed by atoms with Gasteiger partial charge < -0.3 is 24.8 Å². The van der Waals surface area contributed by atoms with Gasteiger partial charge in [0.2, 0.25) is 5.91 Å². The van der Waals surface area contributed by atoms with Crippen LogP contribution in [0.3, 0.4) is 0 Å². The highest BCUT2D eigenvalue weighted by molar-refractivity contribution is 5.90. The van der Waals surface area contributed by atoms with Gasteiger partial charge in [0.05, 0.1) is 20.8 Å². The molecule has 0 aliphatic heterocycles. The number of hydrogen-bond donors (Lipinski definition) is 2. The summed E-state index contributed by atoms with van der Waals surface area (Å²) in [4.78, 5) is 36.1. The van der Waals surface area contributed by atoms with Crippen LogP contribution in [0.4, 0.5) is 4.79 Å². The zero-order chi connectivity index (χ0) is 19.5. The molecule has 0 aliphatic rings. The van der Waals surface area contributed by atoms with Crippen molar-refractivity contribution in [2.45, 2.75) is 38.8 Å². The predicted octanol–water partition coefficient (Wildman–Crippen LogP) is 1.94. The first-order valence-corrected chi connectivity index (χ1v) is 8.38. The highest BCUT2D eigenvalue weighted by Gasteiger charge is 2.26. The standard InChI is InChI=1S/C18H26N2O6/c1-5-6-11-26-18(23)20-15(13-7-9-14(24-3)10-8-13)16(21)19-12(2)17(22)25-4/h7-10,12,15H,5-6,11H2,1-4H3,(H,19,21)(H,20,23)/t12-,15-/m0/s1. The Kier molecular flexibility index (Phi) is 8.97. The van der Waals surface area contributed by atoms with Crippen LogP contribution < -0.4 is 15.4 Å². The summed E-state index contributed by atoms with van der Waals surface area (Å²) in [6, 6.07) is 4.76. The Balaban J connectivity index is 2.90. The van der Waals surface area contributed by atoms with Crippen LogP contribution in [-0.4, -0.2) is 44.8 Å². The third-order valence-electron chi connectivity index (χ3n) is 3.62. The van der Waals surface area contributed by atoms with Gasteiger partial charge in [-0.1, -0.05) is 25.5 Å². The second kappa shape index (κ2) is 11.0. The summed E-state index contributed by atoms with van der Waals surface area (Å²) in [6.07, 6.45) is 0.901. The number of benzene rings is 1. The number of carbonyl (C=O) groups is 3. The topological polar surface area (TPSA) is 103 Å². The van der Waals surface area contributed by atoms with Gasteiger partial charge in [0.25, 0.3) is 0 Å². The Labute approximate surface area is 153 Å². The van der Waals surface area contributed by atoms with Gasteiger partial charge >= 0.3 is 12.1 Å². The summed E-state index contributed by atoms with van der Waals surface area (Å²) in [6.45, 7) is 3.73. The molecule has 0 spiro atoms. The second-order valence-electron chi connectivity index (χ2n) is 5.59. The lowest BCUT2D eigenvalue weighted by Gasteiger charge is -2.21. The van der Waals surface area contributed by atoms with E-state index in [9.17, 15) is 14.4 Å². The SMILES string of the molecule is CCCCOC(=O)N[C@H](C(=O)N[C@@H](C)C(=O)OC)c1ccc(OC)cc1. The molecule has 2 N–H and O–H groups in total. The van der Waals surface area contributed by atoms with Crippen molar-refractivity contribution >= 4 is 18.0 Å². The Morgan fingerprint density at radius 1 is 1.08 bits per heavy atom. The normalized spacial score (nSPS) is 12.5. The molecular formula is C18H26N2O6. The van der Waals surface area contributed by atoms with Gasteiger partial charge in [-0.2, -0.15) is 0 Å². The van der Waals surface area contributed by atoms with Crippen LogP contribution in [0.1, 0.15) is 38.3 Å². The van der Waals surface area contributed by atoms with Gasteiger partial charge in [0.15, 0.2) is 0 Å². The first-order chi connectivity index (χ1) is 12.4. The fourth-order valence-corrected chi connectivity index (χ4v) is 2.10. The van der Waals surface area contributed by atoms with Gasteiger partial charge in [-0.3, -0.25) is 4.79 Å². The number of amides is 2. The van der Waals surface area contributed by atoms with Crippen LogP contribution in [0.25, 0.3) is 0 Å². The molecule has 144 valence electrons. The summed E-state index contributed by atoms with van der Waals surface area (Å²) in [7, 11) is 2.76. The molecule has 1 aromatic rings. The monoisotopic (exact) mass is 366 g/mol. The van der Waals surface area contributed by atoms with Crippen LogP contribution in [-0.2, 0) is 19.1 Å². The van der Waals surface area contributed by atoms with Crippen molar-refractivity contribution in [1.29, 1.82) is 0 Å². The molecule has 1 aromatic carbocycles. The fraction of sp³-hybridized carbons (Fsp3) is 0.500. The summed E-state index contributed by atoms with van der Waals surface area (Å²) < 4.78 is 14.7. The molecule has 0 saturated carbocycles. The molecular weight excluding hydrogens is 340 g/mol. The maximum atomic E-state index is 12.6. The minimum atomic E-state index is -1.03. The number of unbranched alkanes of at least 4 members (excludes halogenated alkanes) is 1. The molecule has 0 radical (unpaired) electrons. The molecule has 1 rings (SSSR count). The minimum absolute atomic E-state index is 0.262. The summed E-state index contributed by atoms with van der Waals surface area (Å²) in [5.74, 6) is -0.528. The number of carbonyl (C=O) groups excluding carboxylic acids is 3. The molecule has 0 heterocycles. The first-order valence-electron chi connectivity index (χ1n) is 8.38. The molecule has 2 amide bonds. The maximum Gasteiger partial charge on any atom is 0.408 e. The molecule has 0 aromatic heterocycles. The average Bonchev–Trinajstić information content (AvgIpc) is 2.65. The highest BCUT2D eigenvalue weighted by atomic mass is 16.5. The number of nitrogens with one attached hydrogen (secondary N) is 2. The maximum absolute atomic E-state index is 12.6. The van der Waals surface area contributed by atoms with Gasteiger partial charge in [-0.15, -0.1) is 0 Å². The van der Waals surface area contributed by atoms with E-state index in [1.54, 1.807) is 24.3 Å². The van der Waals surface area contributed by atoms with Crippen molar-refractivity contribution in [3.05, 3.63) is 29.8 Å². The van der Waals surface area contributed by atoms with Crippen LogP contribution in [0.5, 0.6) is 5.75 Å². The Bertz CT molecular complexity index is 602. The molecule has 0 bridgehead atoms. The third-order valence-corrected chi connectivity index (χ3v) is 3.62. The molecule has 2 atom stereocenters. The van der Waals surface area contributed by atoms with E-state index >= 15 is 0 Å². The molecule has 8 nitrogen and oxygen atoms in total. The van der Waals surface area contributed by atoms with Gasteiger partial charge in [0, 0.05) is 0 Å².